The highest BCUT2D eigenvalue weighted by Crippen LogP contribution is 2.39. The number of aromatic nitrogens is 1. The molecule has 3 nitrogen and oxygen atoms in total. The molecule has 3 heterocycles. The van der Waals surface area contributed by atoms with Gasteiger partial charge in [-0.3, -0.25) is 0 Å². The number of aliphatic hydroxyl groups is 1. The van der Waals surface area contributed by atoms with Gasteiger partial charge in [-0.1, -0.05) is 0 Å². The van der Waals surface area contributed by atoms with Crippen molar-refractivity contribution >= 4 is 5.82 Å². The molecule has 3 rings (SSSR count). The molecule has 2 atom stereocenters. The van der Waals surface area contributed by atoms with E-state index in [4.69, 9.17) is 0 Å². The summed E-state index contributed by atoms with van der Waals surface area (Å²) < 4.78 is 26.5. The summed E-state index contributed by atoms with van der Waals surface area (Å²) in [6.07, 6.45) is 3.93. The van der Waals surface area contributed by atoms with Crippen molar-refractivity contribution in [2.24, 2.45) is 0 Å². The van der Waals surface area contributed by atoms with Crippen LogP contribution in [0.1, 0.15) is 25.7 Å². The van der Waals surface area contributed by atoms with Gasteiger partial charge >= 0.3 is 0 Å². The zero-order chi connectivity index (χ0) is 12.0. The van der Waals surface area contributed by atoms with Crippen LogP contribution in [0.2, 0.25) is 0 Å². The van der Waals surface area contributed by atoms with E-state index in [0.717, 1.165) is 25.1 Å². The highest BCUT2D eigenvalue weighted by molar-refractivity contribution is 5.45. The Hall–Kier alpha value is -1.23. The minimum atomic E-state index is -0.657. The second-order valence-corrected chi connectivity index (χ2v) is 4.88. The smallest absolute Gasteiger partial charge is 0.168 e. The molecule has 0 aromatic carbocycles. The van der Waals surface area contributed by atoms with Crippen LogP contribution in [0, 0.1) is 11.6 Å². The first kappa shape index (κ1) is 10.9. The fourth-order valence-corrected chi connectivity index (χ4v) is 3.09. The summed E-state index contributed by atoms with van der Waals surface area (Å²) in [5, 5.41) is 9.67. The fraction of sp³-hybridized carbons (Fsp3) is 0.583. The van der Waals surface area contributed by atoms with Crippen molar-refractivity contribution in [1.82, 2.24) is 4.98 Å². The highest BCUT2D eigenvalue weighted by Gasteiger charge is 2.41. The van der Waals surface area contributed by atoms with Gasteiger partial charge < -0.3 is 10.0 Å². The first-order chi connectivity index (χ1) is 8.15. The molecule has 5 heteroatoms. The number of halogens is 2. The number of piperidine rings is 1. The van der Waals surface area contributed by atoms with Gasteiger partial charge in [0, 0.05) is 18.2 Å². The largest absolute Gasteiger partial charge is 0.393 e. The molecule has 0 radical (unpaired) electrons. The van der Waals surface area contributed by atoms with E-state index in [-0.39, 0.29) is 24.0 Å². The van der Waals surface area contributed by atoms with E-state index >= 15 is 0 Å². The number of hydrogen-bond acceptors (Lipinski definition) is 3. The number of hydrogen-bond donors (Lipinski definition) is 1. The summed E-state index contributed by atoms with van der Waals surface area (Å²) in [6.45, 7) is 0. The lowest BCUT2D eigenvalue weighted by atomic mass is 10.00. The Labute approximate surface area is 98.1 Å². The first-order valence-corrected chi connectivity index (χ1v) is 5.92. The van der Waals surface area contributed by atoms with E-state index in [9.17, 15) is 13.9 Å². The van der Waals surface area contributed by atoms with Crippen LogP contribution in [0.3, 0.4) is 0 Å². The average molecular weight is 240 g/mol. The normalized spacial score (nSPS) is 31.9. The Balaban J connectivity index is 1.94. The van der Waals surface area contributed by atoms with Gasteiger partial charge in [0.05, 0.1) is 12.3 Å². The van der Waals surface area contributed by atoms with Crippen LogP contribution < -0.4 is 4.90 Å². The third-order valence-corrected chi connectivity index (χ3v) is 3.74. The molecule has 17 heavy (non-hydrogen) atoms. The SMILES string of the molecule is OC1CC2CCC(C1)N2c1ncc(F)cc1F. The predicted molar refractivity (Wildman–Crippen MR) is 58.7 cm³/mol. The minimum absolute atomic E-state index is 0.135. The van der Waals surface area contributed by atoms with Crippen molar-refractivity contribution in [3.63, 3.8) is 0 Å². The summed E-state index contributed by atoms with van der Waals surface area (Å²) in [5.74, 6) is -1.04. The van der Waals surface area contributed by atoms with Crippen LogP contribution in [-0.2, 0) is 0 Å². The van der Waals surface area contributed by atoms with Crippen LogP contribution in [0.5, 0.6) is 0 Å². The number of rotatable bonds is 1. The third-order valence-electron chi connectivity index (χ3n) is 3.74. The van der Waals surface area contributed by atoms with Gasteiger partial charge in [0.1, 0.15) is 5.82 Å². The standard InChI is InChI=1S/C12H14F2N2O/c13-7-3-11(14)12(15-6-7)16-8-1-2-9(16)5-10(17)4-8/h3,6,8-10,17H,1-2,4-5H2. The van der Waals surface area contributed by atoms with Gasteiger partial charge in [0.25, 0.3) is 0 Å². The lowest BCUT2D eigenvalue weighted by molar-refractivity contribution is 0.125. The molecule has 0 amide bonds. The molecule has 2 aliphatic heterocycles. The van der Waals surface area contributed by atoms with Crippen LogP contribution in [0.15, 0.2) is 12.3 Å². The molecule has 1 N–H and O–H groups in total. The van der Waals surface area contributed by atoms with Crippen LogP contribution in [0.4, 0.5) is 14.6 Å². The van der Waals surface area contributed by atoms with E-state index in [1.807, 2.05) is 4.90 Å². The topological polar surface area (TPSA) is 36.4 Å². The number of pyridine rings is 1. The zero-order valence-electron chi connectivity index (χ0n) is 9.31. The maximum atomic E-state index is 13.7. The summed E-state index contributed by atoms with van der Waals surface area (Å²) in [6, 6.07) is 1.14. The monoisotopic (exact) mass is 240 g/mol. The van der Waals surface area contributed by atoms with Crippen molar-refractivity contribution in [2.75, 3.05) is 4.90 Å². The van der Waals surface area contributed by atoms with Crippen LogP contribution in [0.25, 0.3) is 0 Å². The maximum absolute atomic E-state index is 13.7. The number of fused-ring (bicyclic) bond motifs is 2. The Bertz CT molecular complexity index is 427. The summed E-state index contributed by atoms with van der Waals surface area (Å²) in [4.78, 5) is 5.78. The average Bonchev–Trinajstić information content (AvgIpc) is 2.53. The number of nitrogens with zero attached hydrogens (tertiary/aromatic N) is 2. The van der Waals surface area contributed by atoms with Crippen molar-refractivity contribution in [3.8, 4) is 0 Å². The van der Waals surface area contributed by atoms with E-state index in [2.05, 4.69) is 4.98 Å². The van der Waals surface area contributed by atoms with Crippen LogP contribution >= 0.6 is 0 Å². The minimum Gasteiger partial charge on any atom is -0.393 e. The molecule has 2 fully saturated rings. The molecule has 2 aliphatic rings. The van der Waals surface area contributed by atoms with Gasteiger partial charge in [0.2, 0.25) is 0 Å². The second kappa shape index (κ2) is 3.91. The molecule has 0 saturated carbocycles. The van der Waals surface area contributed by atoms with Gasteiger partial charge in [0.15, 0.2) is 11.6 Å². The molecular weight excluding hydrogens is 226 g/mol. The Morgan fingerprint density at radius 1 is 1.24 bits per heavy atom. The fourth-order valence-electron chi connectivity index (χ4n) is 3.09. The van der Waals surface area contributed by atoms with Crippen molar-refractivity contribution < 1.29 is 13.9 Å². The van der Waals surface area contributed by atoms with E-state index in [1.165, 1.54) is 0 Å². The molecule has 0 aliphatic carbocycles. The van der Waals surface area contributed by atoms with Gasteiger partial charge in [-0.25, -0.2) is 13.8 Å². The predicted octanol–water partition coefficient (Wildman–Crippen LogP) is 1.85. The quantitative estimate of drug-likeness (QED) is 0.813. The molecule has 0 spiro atoms. The zero-order valence-corrected chi connectivity index (χ0v) is 9.31. The maximum Gasteiger partial charge on any atom is 0.168 e. The summed E-state index contributed by atoms with van der Waals surface area (Å²) in [7, 11) is 0. The molecule has 92 valence electrons. The molecule has 2 bridgehead atoms. The highest BCUT2D eigenvalue weighted by atomic mass is 19.1. The van der Waals surface area contributed by atoms with Crippen molar-refractivity contribution in [2.45, 2.75) is 43.9 Å². The molecular formula is C12H14F2N2O. The number of anilines is 1. The van der Waals surface area contributed by atoms with Gasteiger partial charge in [-0.2, -0.15) is 0 Å². The van der Waals surface area contributed by atoms with Crippen molar-refractivity contribution in [1.29, 1.82) is 0 Å². The second-order valence-electron chi connectivity index (χ2n) is 4.88. The Kier molecular flexibility index (Phi) is 2.50. The van der Waals surface area contributed by atoms with E-state index < -0.39 is 11.6 Å². The Morgan fingerprint density at radius 2 is 1.88 bits per heavy atom. The van der Waals surface area contributed by atoms with Crippen molar-refractivity contribution in [3.05, 3.63) is 23.9 Å². The van der Waals surface area contributed by atoms with Gasteiger partial charge in [-0.05, 0) is 25.7 Å². The number of aliphatic hydroxyl groups excluding tert-OH is 1. The molecule has 2 saturated heterocycles. The van der Waals surface area contributed by atoms with Crippen LogP contribution in [-0.4, -0.2) is 28.3 Å². The van der Waals surface area contributed by atoms with Gasteiger partial charge in [-0.15, -0.1) is 0 Å². The Morgan fingerprint density at radius 3 is 2.47 bits per heavy atom. The lowest BCUT2D eigenvalue weighted by Crippen LogP contribution is -2.45. The molecule has 1 aromatic heterocycles. The van der Waals surface area contributed by atoms with E-state index in [0.29, 0.717) is 12.8 Å². The molecule has 2 unspecified atom stereocenters. The lowest BCUT2D eigenvalue weighted by Gasteiger charge is -2.38. The third kappa shape index (κ3) is 1.78. The molecule has 1 aromatic rings. The summed E-state index contributed by atoms with van der Waals surface area (Å²) >= 11 is 0. The van der Waals surface area contributed by atoms with E-state index in [1.54, 1.807) is 0 Å². The summed E-state index contributed by atoms with van der Waals surface area (Å²) in [5.41, 5.74) is 0. The first-order valence-electron chi connectivity index (χ1n) is 5.92.